The van der Waals surface area contributed by atoms with Crippen LogP contribution < -0.4 is 5.11 Å². The molecule has 0 aliphatic heterocycles. The van der Waals surface area contributed by atoms with Crippen molar-refractivity contribution in [2.45, 2.75) is 18.5 Å². The Labute approximate surface area is 50.3 Å². The van der Waals surface area contributed by atoms with Gasteiger partial charge in [-0.1, -0.05) is 0 Å². The van der Waals surface area contributed by atoms with E-state index >= 15 is 0 Å². The molecule has 0 bridgehead atoms. The first-order chi connectivity index (χ1) is 3.15. The molecule has 0 aromatic heterocycles. The van der Waals surface area contributed by atoms with Gasteiger partial charge in [0.2, 0.25) is 0 Å². The van der Waals surface area contributed by atoms with Crippen LogP contribution in [0.3, 0.4) is 0 Å². The molecule has 0 atom stereocenters. The van der Waals surface area contributed by atoms with Gasteiger partial charge in [0.25, 0.3) is 0 Å². The van der Waals surface area contributed by atoms with Crippen molar-refractivity contribution in [3.63, 3.8) is 0 Å². The van der Waals surface area contributed by atoms with Crippen LogP contribution in [0.4, 0.5) is 0 Å². The fraction of sp³-hybridized carbons (Fsp3) is 0.750. The summed E-state index contributed by atoms with van der Waals surface area (Å²) in [5.74, 6) is 3.33. The summed E-state index contributed by atoms with van der Waals surface area (Å²) in [7, 11) is 0. The molecule has 0 unspecified atom stereocenters. The average Bonchev–Trinajstić information content (AvgIpc) is 1.33. The van der Waals surface area contributed by atoms with Crippen molar-refractivity contribution in [1.82, 2.24) is 0 Å². The zero-order valence-electron chi connectivity index (χ0n) is 4.89. The molecule has 0 rings (SSSR count). The molecule has 0 fully saturated rings. The Kier molecular flexibility index (Phi) is 13.5. The van der Waals surface area contributed by atoms with E-state index in [1.165, 1.54) is 0 Å². The van der Waals surface area contributed by atoms with Crippen LogP contribution in [0.5, 0.6) is 0 Å². The van der Waals surface area contributed by atoms with Crippen LogP contribution in [0.2, 0.25) is 11.6 Å². The van der Waals surface area contributed by atoms with Crippen molar-refractivity contribution in [3.8, 4) is 0 Å². The van der Waals surface area contributed by atoms with Crippen molar-refractivity contribution >= 4 is 21.2 Å². The van der Waals surface area contributed by atoms with Gasteiger partial charge in [-0.15, -0.1) is 0 Å². The second-order valence-electron chi connectivity index (χ2n) is 1.07. The maximum atomic E-state index is 8.89. The van der Waals surface area contributed by atoms with Crippen LogP contribution in [-0.4, -0.2) is 21.2 Å². The standard InChI is InChI=1S/C2H4O2.2CH3.Al/c1-2(3)4;;;/h1H3,(H,3,4);2*1H3;/q;;;+1/p-1. The Balaban J connectivity index is 0. The number of hydrogen-bond donors (Lipinski definition) is 0. The first-order valence-corrected chi connectivity index (χ1v) is 4.37. The molecule has 0 aliphatic carbocycles. The van der Waals surface area contributed by atoms with E-state index in [2.05, 4.69) is 11.6 Å². The molecule has 0 heterocycles. The summed E-state index contributed by atoms with van der Waals surface area (Å²) in [5.41, 5.74) is 0. The Hall–Kier alpha value is 0.00247. The van der Waals surface area contributed by atoms with Crippen LogP contribution in [0.1, 0.15) is 6.92 Å². The molecule has 3 heteroatoms. The third-order valence-corrected chi connectivity index (χ3v) is 0. The fourth-order valence-electron chi connectivity index (χ4n) is 0. The number of carboxylic acid groups (broad SMARTS) is 1. The van der Waals surface area contributed by atoms with Gasteiger partial charge < -0.3 is 9.90 Å². The van der Waals surface area contributed by atoms with Crippen LogP contribution >= 0.6 is 0 Å². The molecular formula is C4H9AlO2. The number of aliphatic carboxylic acids is 1. The number of carbonyl (C=O) groups excluding carboxylic acids is 1. The van der Waals surface area contributed by atoms with Gasteiger partial charge in [-0.05, 0) is 6.92 Å². The Morgan fingerprint density at radius 2 is 1.57 bits per heavy atom. The zero-order chi connectivity index (χ0) is 6.28. The molecular weight excluding hydrogens is 107 g/mol. The van der Waals surface area contributed by atoms with Gasteiger partial charge in [0.15, 0.2) is 0 Å². The molecule has 0 radical (unpaired) electrons. The summed E-state index contributed by atoms with van der Waals surface area (Å²) in [6.45, 7) is 0.972. The Morgan fingerprint density at radius 1 is 1.57 bits per heavy atom. The predicted molar refractivity (Wildman–Crippen MR) is 28.2 cm³/mol. The molecule has 0 aliphatic rings. The second-order valence-corrected chi connectivity index (χ2v) is 2.22. The molecule has 0 amide bonds. The summed E-state index contributed by atoms with van der Waals surface area (Å²) in [4.78, 5) is 8.89. The van der Waals surface area contributed by atoms with Gasteiger partial charge in [0, 0.05) is 5.97 Å². The van der Waals surface area contributed by atoms with Gasteiger partial charge in [0.1, 0.15) is 0 Å². The van der Waals surface area contributed by atoms with E-state index < -0.39 is 5.97 Å². The molecule has 0 saturated carbocycles. The second kappa shape index (κ2) is 9.38. The summed E-state index contributed by atoms with van der Waals surface area (Å²) in [6, 6.07) is 0. The Morgan fingerprint density at radius 3 is 1.57 bits per heavy atom. The van der Waals surface area contributed by atoms with Crippen LogP contribution in [0.25, 0.3) is 0 Å². The van der Waals surface area contributed by atoms with E-state index in [9.17, 15) is 0 Å². The van der Waals surface area contributed by atoms with Crippen molar-refractivity contribution in [2.24, 2.45) is 0 Å². The van der Waals surface area contributed by atoms with Crippen molar-refractivity contribution in [3.05, 3.63) is 0 Å². The summed E-state index contributed by atoms with van der Waals surface area (Å²) in [5, 5.41) is 8.89. The van der Waals surface area contributed by atoms with E-state index in [4.69, 9.17) is 9.90 Å². The van der Waals surface area contributed by atoms with E-state index in [-0.39, 0.29) is 0 Å². The van der Waals surface area contributed by atoms with Crippen LogP contribution in [-0.2, 0) is 4.79 Å². The summed E-state index contributed by atoms with van der Waals surface area (Å²) in [6.07, 6.45) is 0. The fourth-order valence-corrected chi connectivity index (χ4v) is 0. The monoisotopic (exact) mass is 116 g/mol. The molecule has 0 aromatic carbocycles. The topological polar surface area (TPSA) is 40.1 Å². The van der Waals surface area contributed by atoms with Crippen molar-refractivity contribution in [1.29, 1.82) is 0 Å². The number of carboxylic acids is 1. The first-order valence-electron chi connectivity index (χ1n) is 2.06. The molecule has 0 N–H and O–H groups in total. The van der Waals surface area contributed by atoms with Gasteiger partial charge in [0.05, 0.1) is 0 Å². The van der Waals surface area contributed by atoms with E-state index in [0.29, 0.717) is 0 Å². The van der Waals surface area contributed by atoms with Gasteiger partial charge in [-0.2, -0.15) is 0 Å². The van der Waals surface area contributed by atoms with Gasteiger partial charge >= 0.3 is 26.8 Å². The third-order valence-electron chi connectivity index (χ3n) is 0. The summed E-state index contributed by atoms with van der Waals surface area (Å²) >= 11 is 0.750. The molecule has 7 heavy (non-hydrogen) atoms. The van der Waals surface area contributed by atoms with Crippen molar-refractivity contribution < 1.29 is 9.90 Å². The van der Waals surface area contributed by atoms with Gasteiger partial charge in [-0.25, -0.2) is 0 Å². The van der Waals surface area contributed by atoms with Gasteiger partial charge in [-0.3, -0.25) is 0 Å². The molecule has 0 saturated heterocycles. The molecule has 0 aromatic rings. The normalized spacial score (nSPS) is 5.00. The van der Waals surface area contributed by atoms with Crippen LogP contribution in [0, 0.1) is 0 Å². The molecule has 2 nitrogen and oxygen atoms in total. The number of hydrogen-bond acceptors (Lipinski definition) is 2. The average molecular weight is 116 g/mol. The minimum atomic E-state index is -1.08. The zero-order valence-corrected chi connectivity index (χ0v) is 6.05. The quantitative estimate of drug-likeness (QED) is 0.402. The number of carbonyl (C=O) groups is 1. The minimum absolute atomic E-state index is 0.750. The van der Waals surface area contributed by atoms with E-state index in [1.54, 1.807) is 0 Å². The van der Waals surface area contributed by atoms with E-state index in [0.717, 1.165) is 22.1 Å². The predicted octanol–water partition coefficient (Wildman–Crippen LogP) is -0.457. The first kappa shape index (κ1) is 10.1. The molecule has 0 spiro atoms. The Bertz CT molecular complexity index is 41.0. The maximum absolute atomic E-state index is 8.89. The third kappa shape index (κ3) is 15800000. The number of rotatable bonds is 0. The summed E-state index contributed by atoms with van der Waals surface area (Å²) < 4.78 is 0. The molecule has 40 valence electrons. The SMILES string of the molecule is CC(=O)[O-].[CH3][Al+][CH3]. The van der Waals surface area contributed by atoms with Crippen LogP contribution in [0.15, 0.2) is 0 Å². The van der Waals surface area contributed by atoms with E-state index in [1.807, 2.05) is 0 Å². The van der Waals surface area contributed by atoms with Crippen molar-refractivity contribution in [2.75, 3.05) is 0 Å².